The van der Waals surface area contributed by atoms with Crippen LogP contribution in [0.25, 0.3) is 0 Å². The van der Waals surface area contributed by atoms with Crippen LogP contribution in [0.4, 0.5) is 0 Å². The number of hydrogen-bond acceptors (Lipinski definition) is 3. The summed E-state index contributed by atoms with van der Waals surface area (Å²) in [6, 6.07) is 9.72. The summed E-state index contributed by atoms with van der Waals surface area (Å²) >= 11 is 0. The van der Waals surface area contributed by atoms with Gasteiger partial charge in [-0.3, -0.25) is 4.79 Å². The Hall–Kier alpha value is -1.35. The van der Waals surface area contributed by atoms with Crippen LogP contribution in [-0.2, 0) is 16.0 Å². The summed E-state index contributed by atoms with van der Waals surface area (Å²) in [6.07, 6.45) is 1.07. The lowest BCUT2D eigenvalue weighted by atomic mass is 9.89. The first-order valence-electron chi connectivity index (χ1n) is 5.03. The SMILES string of the molecule is CC[C@](N)(Cc1ccccc1)C(=O)OC. The molecule has 1 aromatic carbocycles. The summed E-state index contributed by atoms with van der Waals surface area (Å²) < 4.78 is 4.71. The van der Waals surface area contributed by atoms with Crippen LogP contribution in [0.5, 0.6) is 0 Å². The molecule has 0 amide bonds. The topological polar surface area (TPSA) is 52.3 Å². The van der Waals surface area contributed by atoms with E-state index in [1.165, 1.54) is 7.11 Å². The lowest BCUT2D eigenvalue weighted by Crippen LogP contribution is -2.50. The van der Waals surface area contributed by atoms with Gasteiger partial charge in [0.2, 0.25) is 0 Å². The van der Waals surface area contributed by atoms with Gasteiger partial charge in [-0.05, 0) is 12.0 Å². The molecule has 0 aliphatic rings. The van der Waals surface area contributed by atoms with Gasteiger partial charge in [-0.15, -0.1) is 0 Å². The summed E-state index contributed by atoms with van der Waals surface area (Å²) in [5.74, 6) is -0.353. The van der Waals surface area contributed by atoms with Crippen molar-refractivity contribution in [3.8, 4) is 0 Å². The minimum absolute atomic E-state index is 0.353. The van der Waals surface area contributed by atoms with E-state index in [1.54, 1.807) is 0 Å². The third-order valence-corrected chi connectivity index (χ3v) is 2.59. The molecule has 0 fully saturated rings. The monoisotopic (exact) mass is 207 g/mol. The van der Waals surface area contributed by atoms with E-state index in [2.05, 4.69) is 0 Å². The van der Waals surface area contributed by atoms with Gasteiger partial charge in [0.25, 0.3) is 0 Å². The minimum atomic E-state index is -0.907. The second-order valence-corrected chi connectivity index (χ2v) is 3.66. The van der Waals surface area contributed by atoms with E-state index in [4.69, 9.17) is 10.5 Å². The maximum Gasteiger partial charge on any atom is 0.326 e. The van der Waals surface area contributed by atoms with Crippen molar-refractivity contribution < 1.29 is 9.53 Å². The molecule has 0 aliphatic heterocycles. The highest BCUT2D eigenvalue weighted by molar-refractivity contribution is 5.80. The van der Waals surface area contributed by atoms with Gasteiger partial charge in [-0.25, -0.2) is 0 Å². The third-order valence-electron chi connectivity index (χ3n) is 2.59. The Labute approximate surface area is 90.2 Å². The van der Waals surface area contributed by atoms with Crippen molar-refractivity contribution in [2.75, 3.05) is 7.11 Å². The van der Waals surface area contributed by atoms with Gasteiger partial charge in [0.15, 0.2) is 0 Å². The fraction of sp³-hybridized carbons (Fsp3) is 0.417. The van der Waals surface area contributed by atoms with E-state index in [0.29, 0.717) is 12.8 Å². The summed E-state index contributed by atoms with van der Waals surface area (Å²) in [6.45, 7) is 1.89. The van der Waals surface area contributed by atoms with Gasteiger partial charge in [0.05, 0.1) is 7.11 Å². The minimum Gasteiger partial charge on any atom is -0.468 e. The molecule has 82 valence electrons. The number of hydrogen-bond donors (Lipinski definition) is 1. The summed E-state index contributed by atoms with van der Waals surface area (Å²) in [5, 5.41) is 0. The molecule has 0 heterocycles. The molecule has 3 nitrogen and oxygen atoms in total. The van der Waals surface area contributed by atoms with E-state index >= 15 is 0 Å². The standard InChI is InChI=1S/C12H17NO2/c1-3-12(13,11(14)15-2)9-10-7-5-4-6-8-10/h4-8H,3,9,13H2,1-2H3/t12-/m0/s1. The number of methoxy groups -OCH3 is 1. The molecule has 2 N–H and O–H groups in total. The van der Waals surface area contributed by atoms with Crippen molar-refractivity contribution in [3.05, 3.63) is 35.9 Å². The Morgan fingerprint density at radius 3 is 2.47 bits per heavy atom. The van der Waals surface area contributed by atoms with Crippen LogP contribution in [0.1, 0.15) is 18.9 Å². The maximum absolute atomic E-state index is 11.5. The average Bonchev–Trinajstić information content (AvgIpc) is 2.29. The average molecular weight is 207 g/mol. The normalized spacial score (nSPS) is 14.3. The fourth-order valence-corrected chi connectivity index (χ4v) is 1.50. The highest BCUT2D eigenvalue weighted by Crippen LogP contribution is 2.16. The predicted molar refractivity (Wildman–Crippen MR) is 59.4 cm³/mol. The van der Waals surface area contributed by atoms with Crippen molar-refractivity contribution in [2.24, 2.45) is 5.73 Å². The van der Waals surface area contributed by atoms with Crippen LogP contribution in [0.3, 0.4) is 0 Å². The molecule has 3 heteroatoms. The van der Waals surface area contributed by atoms with Crippen LogP contribution in [0.15, 0.2) is 30.3 Å². The van der Waals surface area contributed by atoms with Gasteiger partial charge in [-0.1, -0.05) is 37.3 Å². The van der Waals surface area contributed by atoms with Crippen LogP contribution < -0.4 is 5.73 Å². The first kappa shape index (κ1) is 11.7. The van der Waals surface area contributed by atoms with E-state index in [9.17, 15) is 4.79 Å². The van der Waals surface area contributed by atoms with Crippen molar-refractivity contribution in [3.63, 3.8) is 0 Å². The first-order valence-corrected chi connectivity index (χ1v) is 5.03. The smallest absolute Gasteiger partial charge is 0.326 e. The number of carbonyl (C=O) groups is 1. The largest absolute Gasteiger partial charge is 0.468 e. The molecule has 0 saturated carbocycles. The second kappa shape index (κ2) is 4.94. The molecule has 0 aliphatic carbocycles. The Balaban J connectivity index is 2.81. The van der Waals surface area contributed by atoms with E-state index in [0.717, 1.165) is 5.56 Å². The molecular weight excluding hydrogens is 190 g/mol. The van der Waals surface area contributed by atoms with Gasteiger partial charge in [0, 0.05) is 6.42 Å². The molecular formula is C12H17NO2. The number of benzene rings is 1. The zero-order valence-electron chi connectivity index (χ0n) is 9.19. The highest BCUT2D eigenvalue weighted by atomic mass is 16.5. The van der Waals surface area contributed by atoms with Crippen molar-refractivity contribution in [1.82, 2.24) is 0 Å². The Kier molecular flexibility index (Phi) is 3.86. The molecule has 0 aromatic heterocycles. The maximum atomic E-state index is 11.5. The molecule has 0 saturated heterocycles. The summed E-state index contributed by atoms with van der Waals surface area (Å²) in [5.41, 5.74) is 6.15. The van der Waals surface area contributed by atoms with Crippen molar-refractivity contribution >= 4 is 5.97 Å². The molecule has 1 atom stereocenters. The number of ether oxygens (including phenoxy) is 1. The molecule has 15 heavy (non-hydrogen) atoms. The molecule has 0 unspecified atom stereocenters. The van der Waals surface area contributed by atoms with Crippen LogP contribution >= 0.6 is 0 Å². The van der Waals surface area contributed by atoms with Crippen molar-refractivity contribution in [1.29, 1.82) is 0 Å². The highest BCUT2D eigenvalue weighted by Gasteiger charge is 2.33. The van der Waals surface area contributed by atoms with Crippen molar-refractivity contribution in [2.45, 2.75) is 25.3 Å². The van der Waals surface area contributed by atoms with Gasteiger partial charge in [-0.2, -0.15) is 0 Å². The molecule has 0 spiro atoms. The Morgan fingerprint density at radius 2 is 2.00 bits per heavy atom. The molecule has 0 radical (unpaired) electrons. The second-order valence-electron chi connectivity index (χ2n) is 3.66. The number of esters is 1. The third kappa shape index (κ3) is 2.80. The number of nitrogens with two attached hydrogens (primary N) is 1. The Morgan fingerprint density at radius 1 is 1.40 bits per heavy atom. The van der Waals surface area contributed by atoms with Crippen LogP contribution in [0.2, 0.25) is 0 Å². The zero-order valence-corrected chi connectivity index (χ0v) is 9.19. The first-order chi connectivity index (χ1) is 7.12. The summed E-state index contributed by atoms with van der Waals surface area (Å²) in [4.78, 5) is 11.5. The van der Waals surface area contributed by atoms with Gasteiger partial charge in [0.1, 0.15) is 5.54 Å². The predicted octanol–water partition coefficient (Wildman–Crippen LogP) is 1.51. The molecule has 0 bridgehead atoms. The lowest BCUT2D eigenvalue weighted by Gasteiger charge is -2.24. The molecule has 1 rings (SSSR count). The van der Waals surface area contributed by atoms with E-state index in [1.807, 2.05) is 37.3 Å². The van der Waals surface area contributed by atoms with Gasteiger partial charge < -0.3 is 10.5 Å². The van der Waals surface area contributed by atoms with Crippen LogP contribution in [0, 0.1) is 0 Å². The summed E-state index contributed by atoms with van der Waals surface area (Å²) in [7, 11) is 1.37. The van der Waals surface area contributed by atoms with Crippen LogP contribution in [-0.4, -0.2) is 18.6 Å². The van der Waals surface area contributed by atoms with E-state index < -0.39 is 5.54 Å². The zero-order chi connectivity index (χ0) is 11.3. The van der Waals surface area contributed by atoms with E-state index in [-0.39, 0.29) is 5.97 Å². The quantitative estimate of drug-likeness (QED) is 0.761. The lowest BCUT2D eigenvalue weighted by molar-refractivity contribution is -0.147. The molecule has 1 aromatic rings. The fourth-order valence-electron chi connectivity index (χ4n) is 1.50. The number of rotatable bonds is 4. The Bertz CT molecular complexity index is 324. The number of carbonyl (C=O) groups excluding carboxylic acids is 1. The van der Waals surface area contributed by atoms with Gasteiger partial charge >= 0.3 is 5.97 Å².